The fourth-order valence-corrected chi connectivity index (χ4v) is 10.6. The van der Waals surface area contributed by atoms with Gasteiger partial charge in [-0.1, -0.05) is 79.7 Å². The molecule has 3 heterocycles. The summed E-state index contributed by atoms with van der Waals surface area (Å²) in [5, 5.41) is 13.6. The quantitative estimate of drug-likeness (QED) is 0.176. The van der Waals surface area contributed by atoms with Crippen molar-refractivity contribution in [3.05, 3.63) is 130 Å². The van der Waals surface area contributed by atoms with Gasteiger partial charge in [0.2, 0.25) is 5.91 Å². The van der Waals surface area contributed by atoms with Crippen LogP contribution < -0.4 is 10.5 Å². The summed E-state index contributed by atoms with van der Waals surface area (Å²) in [5.41, 5.74) is 2.78. The van der Waals surface area contributed by atoms with E-state index in [4.69, 9.17) is 4.74 Å². The van der Waals surface area contributed by atoms with Gasteiger partial charge >= 0.3 is 0 Å². The predicted octanol–water partition coefficient (Wildman–Crippen LogP) is 5.07. The first kappa shape index (κ1) is 33.7. The van der Waals surface area contributed by atoms with Crippen molar-refractivity contribution in [2.24, 2.45) is 5.92 Å². The smallest absolute Gasteiger partial charge is 0.279 e. The molecule has 258 valence electrons. The number of hydrogen-bond donors (Lipinski definition) is 3. The van der Waals surface area contributed by atoms with Crippen LogP contribution in [0.15, 0.2) is 108 Å². The molecule has 0 radical (unpaired) electrons. The van der Waals surface area contributed by atoms with E-state index in [1.54, 1.807) is 15.9 Å². The van der Waals surface area contributed by atoms with Crippen LogP contribution in [0, 0.1) is 5.92 Å². The molecule has 0 unspecified atom stereocenters. The van der Waals surface area contributed by atoms with Gasteiger partial charge in [-0.25, -0.2) is 4.68 Å². The lowest BCUT2D eigenvalue weighted by Crippen LogP contribution is -2.46. The van der Waals surface area contributed by atoms with Gasteiger partial charge in [0.05, 0.1) is 48.0 Å². The molecule has 2 amide bonds. The Kier molecular flexibility index (Phi) is 8.85. The fourth-order valence-electron chi connectivity index (χ4n) is 8.08. The molecule has 7 rings (SSSR count). The normalized spacial score (nSPS) is 21.7. The van der Waals surface area contributed by atoms with Crippen LogP contribution in [0.2, 0.25) is 18.6 Å². The highest BCUT2D eigenvalue weighted by molar-refractivity contribution is 6.71. The molecule has 0 saturated carbocycles. The zero-order valence-corrected chi connectivity index (χ0v) is 29.5. The minimum atomic E-state index is -2.99. The molecule has 1 saturated heterocycles. The zero-order valence-electron chi connectivity index (χ0n) is 28.5. The van der Waals surface area contributed by atoms with E-state index in [2.05, 4.69) is 5.10 Å². The molecule has 4 aromatic carbocycles. The van der Waals surface area contributed by atoms with Crippen LogP contribution in [-0.4, -0.2) is 64.0 Å². The zero-order chi connectivity index (χ0) is 35.2. The molecule has 4 atom stereocenters. The number of aliphatic hydroxyl groups excluding tert-OH is 1. The number of aliphatic hydroxyl groups is 1. The molecule has 11 heteroatoms. The number of rotatable bonds is 10. The highest BCUT2D eigenvalue weighted by Gasteiger charge is 2.66. The molecule has 1 spiro atoms. The van der Waals surface area contributed by atoms with E-state index in [1.165, 1.54) is 4.68 Å². The van der Waals surface area contributed by atoms with E-state index in [1.807, 2.05) is 117 Å². The molecule has 0 bridgehead atoms. The van der Waals surface area contributed by atoms with Crippen molar-refractivity contribution in [1.29, 1.82) is 0 Å². The van der Waals surface area contributed by atoms with Crippen molar-refractivity contribution in [2.45, 2.75) is 56.8 Å². The number of nitrogens with one attached hydrogen (secondary N) is 1. The number of carbonyl (C=O) groups is 2. The van der Waals surface area contributed by atoms with E-state index >= 15 is 0 Å². The number of aromatic amines is 1. The van der Waals surface area contributed by atoms with Gasteiger partial charge in [-0.3, -0.25) is 19.5 Å². The molecular weight excluding hydrogens is 649 g/mol. The average Bonchev–Trinajstić information content (AvgIpc) is 3.69. The monoisotopic (exact) mass is 690 g/mol. The molecule has 50 heavy (non-hydrogen) atoms. The first-order valence-corrected chi connectivity index (χ1v) is 20.1. The van der Waals surface area contributed by atoms with E-state index < -0.39 is 31.5 Å². The minimum Gasteiger partial charge on any atom is -0.432 e. The third kappa shape index (κ3) is 5.79. The van der Waals surface area contributed by atoms with Gasteiger partial charge in [-0.2, -0.15) is 0 Å². The van der Waals surface area contributed by atoms with Gasteiger partial charge in [0.1, 0.15) is 0 Å². The highest BCUT2D eigenvalue weighted by atomic mass is 28.4. The Balaban J connectivity index is 1.17. The van der Waals surface area contributed by atoms with Crippen molar-refractivity contribution in [3.63, 3.8) is 0 Å². The summed E-state index contributed by atoms with van der Waals surface area (Å²) >= 11 is 0. The summed E-state index contributed by atoms with van der Waals surface area (Å²) in [6, 6.07) is 32.1. The third-order valence-electron chi connectivity index (χ3n) is 10.3. The number of ether oxygens (including phenoxy) is 1. The van der Waals surface area contributed by atoms with Gasteiger partial charge in [-0.15, -0.1) is 0 Å². The first-order chi connectivity index (χ1) is 24.0. The van der Waals surface area contributed by atoms with Gasteiger partial charge in [0, 0.05) is 30.1 Å². The number of H-pyrrole nitrogens is 1. The van der Waals surface area contributed by atoms with Gasteiger partial charge in [0.15, 0.2) is 13.9 Å². The Hall–Kier alpha value is -4.81. The van der Waals surface area contributed by atoms with Crippen molar-refractivity contribution in [2.75, 3.05) is 18.1 Å². The average molecular weight is 691 g/mol. The number of nitrogens with zero attached hydrogens (tertiary/aromatic N) is 3. The fraction of sp³-hybridized carbons (Fsp3) is 0.308. The highest BCUT2D eigenvalue weighted by Crippen LogP contribution is 2.59. The van der Waals surface area contributed by atoms with Crippen LogP contribution in [0.3, 0.4) is 0 Å². The minimum absolute atomic E-state index is 0.0232. The molecule has 3 N–H and O–H groups in total. The number of para-hydroxylation sites is 2. The molecular formula is C39H42N4O6Si. The van der Waals surface area contributed by atoms with Crippen LogP contribution in [-0.2, 0) is 33.0 Å². The molecule has 10 nitrogen and oxygen atoms in total. The Morgan fingerprint density at radius 3 is 2.30 bits per heavy atom. The maximum atomic E-state index is 14.8. The number of hydrogen-bond acceptors (Lipinski definition) is 6. The van der Waals surface area contributed by atoms with Crippen LogP contribution in [0.1, 0.15) is 30.0 Å². The van der Waals surface area contributed by atoms with Crippen molar-refractivity contribution >= 4 is 36.7 Å². The molecule has 5 aromatic rings. The summed E-state index contributed by atoms with van der Waals surface area (Å²) < 4.78 is 8.38. The summed E-state index contributed by atoms with van der Waals surface area (Å²) in [6.45, 7) is 6.22. The number of carbonyl (C=O) groups excluding carboxylic acids is 2. The second-order valence-electron chi connectivity index (χ2n) is 14.0. The Morgan fingerprint density at radius 1 is 0.920 bits per heavy atom. The Morgan fingerprint density at radius 2 is 1.60 bits per heavy atom. The lowest BCUT2D eigenvalue weighted by atomic mass is 9.82. The molecule has 2 aliphatic heterocycles. The maximum Gasteiger partial charge on any atom is 0.279 e. The van der Waals surface area contributed by atoms with Crippen molar-refractivity contribution in [3.8, 4) is 5.69 Å². The SMILES string of the molecule is C[C@H]1[C@H]([Si](C)(C)O)[C@@H](CC(=O)N(CCO)Cc2ccccc2)O[C@]12C(=O)N(Cc1ccc(-n3[nH]c4ccccc4c3=O)cc1)c1ccccc12. The largest absolute Gasteiger partial charge is 0.432 e. The molecule has 2 aliphatic rings. The summed E-state index contributed by atoms with van der Waals surface area (Å²) in [4.78, 5) is 56.6. The predicted molar refractivity (Wildman–Crippen MR) is 194 cm³/mol. The van der Waals surface area contributed by atoms with Gasteiger partial charge < -0.3 is 24.4 Å². The lowest BCUT2D eigenvalue weighted by molar-refractivity contribution is -0.150. The number of benzene rings is 4. The van der Waals surface area contributed by atoms with Crippen molar-refractivity contribution in [1.82, 2.24) is 14.7 Å². The van der Waals surface area contributed by atoms with Crippen molar-refractivity contribution < 1.29 is 24.2 Å². The third-order valence-corrected chi connectivity index (χ3v) is 12.8. The first-order valence-electron chi connectivity index (χ1n) is 17.1. The molecule has 0 aliphatic carbocycles. The number of anilines is 1. The van der Waals surface area contributed by atoms with E-state index in [9.17, 15) is 24.3 Å². The second-order valence-corrected chi connectivity index (χ2v) is 17.9. The van der Waals surface area contributed by atoms with E-state index in [0.29, 0.717) is 17.6 Å². The van der Waals surface area contributed by atoms with Crippen LogP contribution in [0.4, 0.5) is 5.69 Å². The molecule has 1 aromatic heterocycles. The van der Waals surface area contributed by atoms with Crippen LogP contribution in [0.5, 0.6) is 0 Å². The van der Waals surface area contributed by atoms with Crippen LogP contribution >= 0.6 is 0 Å². The van der Waals surface area contributed by atoms with E-state index in [-0.39, 0.29) is 43.5 Å². The molecule has 1 fully saturated rings. The lowest BCUT2D eigenvalue weighted by Gasteiger charge is -2.32. The number of fused-ring (bicyclic) bond motifs is 3. The van der Waals surface area contributed by atoms with Gasteiger partial charge in [-0.05, 0) is 54.6 Å². The maximum absolute atomic E-state index is 14.8. The Bertz CT molecular complexity index is 2090. The summed E-state index contributed by atoms with van der Waals surface area (Å²) in [6.07, 6.45) is -0.725. The van der Waals surface area contributed by atoms with Crippen LogP contribution in [0.25, 0.3) is 16.6 Å². The summed E-state index contributed by atoms with van der Waals surface area (Å²) in [7, 11) is -2.99. The summed E-state index contributed by atoms with van der Waals surface area (Å²) in [5.74, 6) is -0.843. The number of amides is 2. The second kappa shape index (κ2) is 13.1. The number of aromatic nitrogens is 2. The van der Waals surface area contributed by atoms with Gasteiger partial charge in [0.25, 0.3) is 11.5 Å². The van der Waals surface area contributed by atoms with E-state index in [0.717, 1.165) is 27.9 Å². The topological polar surface area (TPSA) is 128 Å². The Labute approximate surface area is 291 Å². The standard InChI is InChI=1S/C39H42N4O6Si/c1-26-36(50(2,3)48)34(23-35(45)41(21-22-44)24-27-11-5-4-6-12-27)49-39(26)31-14-8-10-16-33(31)42(38(39)47)25-28-17-19-29(20-18-28)43-37(46)30-13-7-9-15-32(30)40-43/h4-20,26,34,36,40,44,48H,21-25H2,1-3H3/t26-,34+,36-,39+/m0/s1.